The molecule has 1 aromatic rings. The first-order valence-corrected chi connectivity index (χ1v) is 9.61. The summed E-state index contributed by atoms with van der Waals surface area (Å²) >= 11 is 1.66. The summed E-state index contributed by atoms with van der Waals surface area (Å²) < 4.78 is 5.42. The molecule has 0 aromatic carbocycles. The van der Waals surface area contributed by atoms with Crippen LogP contribution in [0.25, 0.3) is 0 Å². The monoisotopic (exact) mass is 354 g/mol. The van der Waals surface area contributed by atoms with Gasteiger partial charge in [0.1, 0.15) is 5.01 Å². The standard InChI is InChI=1S/C17H30N4O2S/c1-4-18-16(19-9-15-21-14(10-24-15)13(2)3)20-11-17(12-22)5-7-23-8-6-17/h10,13,22H,4-9,11-12H2,1-3H3,(H2,18,19,20). The fourth-order valence-corrected chi connectivity index (χ4v) is 3.50. The van der Waals surface area contributed by atoms with Crippen LogP contribution in [0.15, 0.2) is 10.4 Å². The second-order valence-corrected chi connectivity index (χ2v) is 7.58. The van der Waals surface area contributed by atoms with Crippen LogP contribution in [0, 0.1) is 5.41 Å². The molecule has 136 valence electrons. The number of hydrogen-bond donors (Lipinski definition) is 3. The lowest BCUT2D eigenvalue weighted by molar-refractivity contribution is -0.0131. The second-order valence-electron chi connectivity index (χ2n) is 6.64. The van der Waals surface area contributed by atoms with Crippen molar-refractivity contribution in [1.82, 2.24) is 15.6 Å². The van der Waals surface area contributed by atoms with Crippen molar-refractivity contribution in [3.8, 4) is 0 Å². The van der Waals surface area contributed by atoms with Gasteiger partial charge in [0.05, 0.1) is 18.8 Å². The molecule has 0 spiro atoms. The van der Waals surface area contributed by atoms with Gasteiger partial charge in [0.2, 0.25) is 0 Å². The Morgan fingerprint density at radius 1 is 1.42 bits per heavy atom. The zero-order chi connectivity index (χ0) is 17.4. The van der Waals surface area contributed by atoms with Gasteiger partial charge in [-0.1, -0.05) is 13.8 Å². The maximum atomic E-state index is 9.78. The second kappa shape index (κ2) is 9.34. The van der Waals surface area contributed by atoms with Crippen LogP contribution in [0.4, 0.5) is 0 Å². The number of nitrogens with one attached hydrogen (secondary N) is 2. The van der Waals surface area contributed by atoms with Gasteiger partial charge in [-0.05, 0) is 25.7 Å². The molecule has 1 aliphatic rings. The maximum Gasteiger partial charge on any atom is 0.191 e. The summed E-state index contributed by atoms with van der Waals surface area (Å²) in [6, 6.07) is 0. The molecule has 0 saturated carbocycles. The van der Waals surface area contributed by atoms with Crippen molar-refractivity contribution in [2.75, 3.05) is 32.9 Å². The van der Waals surface area contributed by atoms with E-state index in [1.807, 2.05) is 6.92 Å². The van der Waals surface area contributed by atoms with Gasteiger partial charge < -0.3 is 20.5 Å². The van der Waals surface area contributed by atoms with Crippen molar-refractivity contribution >= 4 is 17.3 Å². The Labute approximate surface area is 148 Å². The third kappa shape index (κ3) is 5.43. The molecule has 1 aromatic heterocycles. The van der Waals surface area contributed by atoms with Crippen LogP contribution in [0.2, 0.25) is 0 Å². The minimum absolute atomic E-state index is 0.111. The summed E-state index contributed by atoms with van der Waals surface area (Å²) in [5.74, 6) is 1.22. The third-order valence-electron chi connectivity index (χ3n) is 4.40. The number of aromatic nitrogens is 1. The van der Waals surface area contributed by atoms with Gasteiger partial charge >= 0.3 is 0 Å². The molecule has 0 radical (unpaired) electrons. The number of aliphatic hydroxyl groups excluding tert-OH is 1. The van der Waals surface area contributed by atoms with Crippen molar-refractivity contribution in [3.63, 3.8) is 0 Å². The summed E-state index contributed by atoms with van der Waals surface area (Å²) in [4.78, 5) is 9.26. The summed E-state index contributed by atoms with van der Waals surface area (Å²) in [7, 11) is 0. The first kappa shape index (κ1) is 19.1. The Hall–Kier alpha value is -1.18. The average Bonchev–Trinajstić information content (AvgIpc) is 3.07. The predicted octanol–water partition coefficient (Wildman–Crippen LogP) is 2.11. The van der Waals surface area contributed by atoms with Crippen LogP contribution >= 0.6 is 11.3 Å². The van der Waals surface area contributed by atoms with Crippen LogP contribution in [0.1, 0.15) is 50.2 Å². The molecule has 7 heteroatoms. The van der Waals surface area contributed by atoms with Crippen LogP contribution in [0.5, 0.6) is 0 Å². The topological polar surface area (TPSA) is 78.8 Å². The highest BCUT2D eigenvalue weighted by atomic mass is 32.1. The van der Waals surface area contributed by atoms with Crippen LogP contribution in [-0.2, 0) is 11.3 Å². The van der Waals surface area contributed by atoms with E-state index in [9.17, 15) is 5.11 Å². The summed E-state index contributed by atoms with van der Waals surface area (Å²) in [5.41, 5.74) is 1.02. The highest BCUT2D eigenvalue weighted by Gasteiger charge is 2.32. The number of aliphatic hydroxyl groups is 1. The van der Waals surface area contributed by atoms with Gasteiger partial charge in [-0.25, -0.2) is 9.98 Å². The quantitative estimate of drug-likeness (QED) is 0.516. The molecule has 0 aliphatic carbocycles. The Morgan fingerprint density at radius 3 is 2.75 bits per heavy atom. The smallest absolute Gasteiger partial charge is 0.191 e. The van der Waals surface area contributed by atoms with E-state index in [-0.39, 0.29) is 12.0 Å². The number of aliphatic imine (C=N–C) groups is 1. The van der Waals surface area contributed by atoms with Crippen LogP contribution < -0.4 is 10.6 Å². The normalized spacial score (nSPS) is 18.0. The van der Waals surface area contributed by atoms with Gasteiger partial charge in [-0.2, -0.15) is 0 Å². The number of thiazole rings is 1. The lowest BCUT2D eigenvalue weighted by atomic mass is 9.81. The molecule has 1 aliphatic heterocycles. The summed E-state index contributed by atoms with van der Waals surface area (Å²) in [6.45, 7) is 10.0. The minimum atomic E-state index is -0.111. The van der Waals surface area contributed by atoms with E-state index < -0.39 is 0 Å². The van der Waals surface area contributed by atoms with Crippen molar-refractivity contribution in [2.24, 2.45) is 10.4 Å². The summed E-state index contributed by atoms with van der Waals surface area (Å²) in [6.07, 6.45) is 1.75. The molecule has 0 atom stereocenters. The van der Waals surface area contributed by atoms with Crippen molar-refractivity contribution in [1.29, 1.82) is 0 Å². The van der Waals surface area contributed by atoms with E-state index in [0.29, 0.717) is 32.2 Å². The number of rotatable bonds is 7. The van der Waals surface area contributed by atoms with Crippen LogP contribution in [-0.4, -0.2) is 49.0 Å². The van der Waals surface area contributed by atoms with Crippen molar-refractivity contribution < 1.29 is 9.84 Å². The average molecular weight is 355 g/mol. The predicted molar refractivity (Wildman–Crippen MR) is 98.6 cm³/mol. The molecule has 0 amide bonds. The first-order valence-electron chi connectivity index (χ1n) is 8.73. The molecule has 0 unspecified atom stereocenters. The SMILES string of the molecule is CCNC(=NCc1nc(C(C)C)cs1)NCC1(CO)CCOCC1. The molecular weight excluding hydrogens is 324 g/mol. The molecule has 1 saturated heterocycles. The number of guanidine groups is 1. The Kier molecular flexibility index (Phi) is 7.45. The molecular formula is C17H30N4O2S. The molecule has 2 heterocycles. The minimum Gasteiger partial charge on any atom is -0.396 e. The molecule has 0 bridgehead atoms. The molecule has 2 rings (SSSR count). The lowest BCUT2D eigenvalue weighted by Crippen LogP contribution is -2.47. The van der Waals surface area contributed by atoms with Gasteiger partial charge in [-0.3, -0.25) is 0 Å². The largest absolute Gasteiger partial charge is 0.396 e. The zero-order valence-corrected chi connectivity index (χ0v) is 15.8. The van der Waals surface area contributed by atoms with E-state index in [1.165, 1.54) is 0 Å². The van der Waals surface area contributed by atoms with Gasteiger partial charge in [0, 0.05) is 37.1 Å². The first-order chi connectivity index (χ1) is 11.6. The Bertz CT molecular complexity index is 524. The zero-order valence-electron chi connectivity index (χ0n) is 15.0. The van der Waals surface area contributed by atoms with E-state index in [1.54, 1.807) is 11.3 Å². The van der Waals surface area contributed by atoms with Crippen molar-refractivity contribution in [3.05, 3.63) is 16.1 Å². The van der Waals surface area contributed by atoms with E-state index in [2.05, 4.69) is 39.8 Å². The number of ether oxygens (including phenoxy) is 1. The highest BCUT2D eigenvalue weighted by molar-refractivity contribution is 7.09. The number of hydrogen-bond acceptors (Lipinski definition) is 5. The molecule has 6 nitrogen and oxygen atoms in total. The molecule has 1 fully saturated rings. The van der Waals surface area contributed by atoms with Crippen molar-refractivity contribution in [2.45, 2.75) is 46.1 Å². The fourth-order valence-electron chi connectivity index (χ4n) is 2.62. The number of nitrogens with zero attached hydrogens (tertiary/aromatic N) is 2. The summed E-state index contributed by atoms with van der Waals surface area (Å²) in [5, 5.41) is 19.6. The fraction of sp³-hybridized carbons (Fsp3) is 0.765. The van der Waals surface area contributed by atoms with E-state index >= 15 is 0 Å². The van der Waals surface area contributed by atoms with Gasteiger partial charge in [-0.15, -0.1) is 11.3 Å². The lowest BCUT2D eigenvalue weighted by Gasteiger charge is -2.35. The van der Waals surface area contributed by atoms with Gasteiger partial charge in [0.15, 0.2) is 5.96 Å². The van der Waals surface area contributed by atoms with Crippen LogP contribution in [0.3, 0.4) is 0 Å². The third-order valence-corrected chi connectivity index (χ3v) is 5.25. The van der Waals surface area contributed by atoms with E-state index in [0.717, 1.165) is 36.0 Å². The van der Waals surface area contributed by atoms with E-state index in [4.69, 9.17) is 4.74 Å². The van der Waals surface area contributed by atoms with Gasteiger partial charge in [0.25, 0.3) is 0 Å². The highest BCUT2D eigenvalue weighted by Crippen LogP contribution is 2.28. The molecule has 3 N–H and O–H groups in total. The Balaban J connectivity index is 1.94. The Morgan fingerprint density at radius 2 is 2.17 bits per heavy atom. The molecule has 24 heavy (non-hydrogen) atoms. The maximum absolute atomic E-state index is 9.78.